The van der Waals surface area contributed by atoms with Gasteiger partial charge in [0.2, 0.25) is 0 Å². The topological polar surface area (TPSA) is 39.1 Å². The third kappa shape index (κ3) is 4.30. The number of rotatable bonds is 7. The van der Waals surface area contributed by atoms with Gasteiger partial charge in [-0.3, -0.25) is 4.68 Å². The number of hydrogen-bond donors (Lipinski definition) is 1. The summed E-state index contributed by atoms with van der Waals surface area (Å²) in [4.78, 5) is 0. The molecule has 2 rings (SSSR count). The van der Waals surface area contributed by atoms with Crippen molar-refractivity contribution in [3.05, 3.63) is 18.0 Å². The molecule has 4 heteroatoms. The van der Waals surface area contributed by atoms with Crippen molar-refractivity contribution in [1.82, 2.24) is 15.1 Å². The van der Waals surface area contributed by atoms with Crippen molar-refractivity contribution in [2.75, 3.05) is 13.7 Å². The molecule has 0 amide bonds. The van der Waals surface area contributed by atoms with Gasteiger partial charge in [0.25, 0.3) is 0 Å². The van der Waals surface area contributed by atoms with E-state index in [1.807, 2.05) is 25.0 Å². The van der Waals surface area contributed by atoms with Crippen LogP contribution in [0.2, 0.25) is 0 Å². The molecule has 0 radical (unpaired) electrons. The molecule has 120 valence electrons. The van der Waals surface area contributed by atoms with Crippen molar-refractivity contribution >= 4 is 0 Å². The summed E-state index contributed by atoms with van der Waals surface area (Å²) in [6.07, 6.45) is 11.7. The van der Waals surface area contributed by atoms with Crippen molar-refractivity contribution in [3.8, 4) is 0 Å². The molecule has 4 nitrogen and oxygen atoms in total. The molecule has 0 spiro atoms. The Hall–Kier alpha value is -0.870. The zero-order valence-electron chi connectivity index (χ0n) is 13.9. The van der Waals surface area contributed by atoms with Gasteiger partial charge in [0.15, 0.2) is 0 Å². The fraction of sp³-hybridized carbons (Fsp3) is 0.824. The molecule has 1 N–H and O–H groups in total. The highest BCUT2D eigenvalue weighted by Gasteiger charge is 2.39. The molecular formula is C17H31N3O. The fourth-order valence-corrected chi connectivity index (χ4v) is 3.57. The van der Waals surface area contributed by atoms with Crippen LogP contribution in [-0.4, -0.2) is 35.1 Å². The molecule has 1 atom stereocenters. The van der Waals surface area contributed by atoms with E-state index in [-0.39, 0.29) is 5.60 Å². The molecule has 1 aromatic rings. The summed E-state index contributed by atoms with van der Waals surface area (Å²) in [6.45, 7) is 3.26. The minimum absolute atomic E-state index is 0.0246. The zero-order chi connectivity index (χ0) is 15.1. The molecule has 1 unspecified atom stereocenters. The molecule has 0 aromatic carbocycles. The van der Waals surface area contributed by atoms with E-state index in [1.165, 1.54) is 25.7 Å². The molecule has 1 aliphatic rings. The van der Waals surface area contributed by atoms with Crippen LogP contribution < -0.4 is 5.32 Å². The molecule has 1 fully saturated rings. The maximum Gasteiger partial charge on any atom is 0.0834 e. The summed E-state index contributed by atoms with van der Waals surface area (Å²) < 4.78 is 7.99. The van der Waals surface area contributed by atoms with Crippen molar-refractivity contribution in [2.45, 2.75) is 69.9 Å². The van der Waals surface area contributed by atoms with Crippen molar-refractivity contribution in [1.29, 1.82) is 0 Å². The second-order valence-corrected chi connectivity index (χ2v) is 6.37. The summed E-state index contributed by atoms with van der Waals surface area (Å²) in [5.41, 5.74) is 1.13. The highest BCUT2D eigenvalue weighted by atomic mass is 16.5. The molecule has 1 saturated carbocycles. The van der Waals surface area contributed by atoms with Crippen LogP contribution in [0.25, 0.3) is 0 Å². The maximum absolute atomic E-state index is 6.10. The highest BCUT2D eigenvalue weighted by molar-refractivity contribution is 5.06. The Morgan fingerprint density at radius 2 is 2.05 bits per heavy atom. The van der Waals surface area contributed by atoms with E-state index in [2.05, 4.69) is 23.4 Å². The maximum atomic E-state index is 6.10. The standard InChI is InChI=1S/C17H31N3O/c1-4-12-18-16(14-15-9-13-20(2)19-15)17(21-3)10-7-5-6-8-11-17/h9,13,16,18H,4-8,10-12,14H2,1-3H3. The summed E-state index contributed by atoms with van der Waals surface area (Å²) in [6, 6.07) is 2.48. The lowest BCUT2D eigenvalue weighted by Crippen LogP contribution is -2.53. The van der Waals surface area contributed by atoms with Crippen LogP contribution in [0.3, 0.4) is 0 Å². The Morgan fingerprint density at radius 3 is 2.57 bits per heavy atom. The quantitative estimate of drug-likeness (QED) is 0.785. The van der Waals surface area contributed by atoms with Gasteiger partial charge in [-0.1, -0.05) is 32.6 Å². The smallest absolute Gasteiger partial charge is 0.0834 e. The third-order valence-corrected chi connectivity index (χ3v) is 4.81. The van der Waals surface area contributed by atoms with E-state index in [4.69, 9.17) is 4.74 Å². The van der Waals surface area contributed by atoms with Gasteiger partial charge in [-0.2, -0.15) is 5.10 Å². The molecule has 1 aliphatic carbocycles. The first-order valence-electron chi connectivity index (χ1n) is 8.47. The Kier molecular flexibility index (Phi) is 6.24. The molecule has 0 aliphatic heterocycles. The Balaban J connectivity index is 2.14. The van der Waals surface area contributed by atoms with Gasteiger partial charge in [-0.05, 0) is 31.9 Å². The second kappa shape index (κ2) is 7.95. The van der Waals surface area contributed by atoms with Crippen molar-refractivity contribution in [3.63, 3.8) is 0 Å². The lowest BCUT2D eigenvalue weighted by atomic mass is 9.83. The highest BCUT2D eigenvalue weighted by Crippen LogP contribution is 2.34. The fourth-order valence-electron chi connectivity index (χ4n) is 3.57. The molecule has 0 bridgehead atoms. The number of hydrogen-bond acceptors (Lipinski definition) is 3. The lowest BCUT2D eigenvalue weighted by Gasteiger charge is -2.40. The van der Waals surface area contributed by atoms with Crippen LogP contribution >= 0.6 is 0 Å². The summed E-state index contributed by atoms with van der Waals surface area (Å²) in [5.74, 6) is 0. The molecule has 21 heavy (non-hydrogen) atoms. The predicted molar refractivity (Wildman–Crippen MR) is 86.4 cm³/mol. The monoisotopic (exact) mass is 293 g/mol. The van der Waals surface area contributed by atoms with Crippen molar-refractivity contribution in [2.24, 2.45) is 7.05 Å². The van der Waals surface area contributed by atoms with Gasteiger partial charge in [0.05, 0.1) is 11.3 Å². The average molecular weight is 293 g/mol. The number of aryl methyl sites for hydroxylation is 1. The third-order valence-electron chi connectivity index (χ3n) is 4.81. The summed E-state index contributed by atoms with van der Waals surface area (Å²) in [7, 11) is 3.88. The number of aromatic nitrogens is 2. The molecule has 0 saturated heterocycles. The minimum Gasteiger partial charge on any atom is -0.377 e. The first-order valence-corrected chi connectivity index (χ1v) is 8.47. The van der Waals surface area contributed by atoms with Crippen LogP contribution in [0, 0.1) is 0 Å². The first-order chi connectivity index (χ1) is 10.2. The van der Waals surface area contributed by atoms with E-state index >= 15 is 0 Å². The van der Waals surface area contributed by atoms with E-state index in [0.717, 1.165) is 37.9 Å². The van der Waals surface area contributed by atoms with Gasteiger partial charge in [0.1, 0.15) is 0 Å². The Morgan fingerprint density at radius 1 is 1.33 bits per heavy atom. The summed E-state index contributed by atoms with van der Waals surface area (Å²) in [5, 5.41) is 8.31. The number of nitrogens with one attached hydrogen (secondary N) is 1. The largest absolute Gasteiger partial charge is 0.377 e. The number of methoxy groups -OCH3 is 1. The van der Waals surface area contributed by atoms with Crippen LogP contribution in [0.4, 0.5) is 0 Å². The van der Waals surface area contributed by atoms with Crippen molar-refractivity contribution < 1.29 is 4.74 Å². The minimum atomic E-state index is -0.0246. The second-order valence-electron chi connectivity index (χ2n) is 6.37. The van der Waals surface area contributed by atoms with Gasteiger partial charge in [0, 0.05) is 32.8 Å². The predicted octanol–water partition coefficient (Wildman–Crippen LogP) is 3.07. The number of nitrogens with zero attached hydrogens (tertiary/aromatic N) is 2. The van der Waals surface area contributed by atoms with Crippen LogP contribution in [0.5, 0.6) is 0 Å². The lowest BCUT2D eigenvalue weighted by molar-refractivity contribution is -0.0528. The van der Waals surface area contributed by atoms with E-state index in [9.17, 15) is 0 Å². The number of ether oxygens (including phenoxy) is 1. The van der Waals surface area contributed by atoms with Gasteiger partial charge >= 0.3 is 0 Å². The Bertz CT molecular complexity index is 408. The average Bonchev–Trinajstić information content (AvgIpc) is 2.76. The van der Waals surface area contributed by atoms with E-state index < -0.39 is 0 Å². The van der Waals surface area contributed by atoms with Crippen LogP contribution in [-0.2, 0) is 18.2 Å². The SMILES string of the molecule is CCCNC(Cc1ccn(C)n1)C1(OC)CCCCCC1. The van der Waals surface area contributed by atoms with Gasteiger partial charge in [-0.25, -0.2) is 0 Å². The van der Waals surface area contributed by atoms with Crippen LogP contribution in [0.15, 0.2) is 12.3 Å². The van der Waals surface area contributed by atoms with Crippen LogP contribution in [0.1, 0.15) is 57.6 Å². The summed E-state index contributed by atoms with van der Waals surface area (Å²) >= 11 is 0. The molecule has 1 heterocycles. The Labute approximate surface area is 129 Å². The van der Waals surface area contributed by atoms with Gasteiger partial charge < -0.3 is 10.1 Å². The normalized spacial score (nSPS) is 20.1. The zero-order valence-corrected chi connectivity index (χ0v) is 13.9. The molecular weight excluding hydrogens is 262 g/mol. The van der Waals surface area contributed by atoms with E-state index in [1.54, 1.807) is 0 Å². The first kappa shape index (κ1) is 16.5. The van der Waals surface area contributed by atoms with Gasteiger partial charge in [-0.15, -0.1) is 0 Å². The van der Waals surface area contributed by atoms with E-state index in [0.29, 0.717) is 6.04 Å². The molecule has 1 aromatic heterocycles.